The molecule has 158 valence electrons. The number of rotatable bonds is 8. The van der Waals surface area contributed by atoms with Crippen molar-refractivity contribution in [1.29, 1.82) is 0 Å². The van der Waals surface area contributed by atoms with Crippen molar-refractivity contribution < 1.29 is 27.8 Å². The largest absolute Gasteiger partial charge is 0.495 e. The first-order chi connectivity index (χ1) is 14.4. The van der Waals surface area contributed by atoms with Crippen LogP contribution in [0.1, 0.15) is 22.0 Å². The number of benzene rings is 2. The quantitative estimate of drug-likeness (QED) is 0.514. The molecule has 9 heteroatoms. The zero-order valence-corrected chi connectivity index (χ0v) is 18.0. The highest BCUT2D eigenvalue weighted by Crippen LogP contribution is 2.26. The van der Waals surface area contributed by atoms with Crippen LogP contribution in [-0.4, -0.2) is 40.3 Å². The lowest BCUT2D eigenvalue weighted by molar-refractivity contribution is 0.0600. The molecular formula is C21H21NO6S2. The van der Waals surface area contributed by atoms with Crippen molar-refractivity contribution in [3.05, 3.63) is 70.4 Å². The van der Waals surface area contributed by atoms with E-state index in [1.165, 1.54) is 32.4 Å². The van der Waals surface area contributed by atoms with Crippen LogP contribution in [0, 0.1) is 0 Å². The average molecular weight is 448 g/mol. The molecule has 3 rings (SSSR count). The Morgan fingerprint density at radius 3 is 2.43 bits per heavy atom. The van der Waals surface area contributed by atoms with Gasteiger partial charge in [0.2, 0.25) is 10.0 Å². The van der Waals surface area contributed by atoms with E-state index in [1.807, 2.05) is 29.0 Å². The monoisotopic (exact) mass is 447 g/mol. The molecule has 0 saturated carbocycles. The maximum Gasteiger partial charge on any atom is 0.337 e. The molecule has 3 aromatic rings. The van der Waals surface area contributed by atoms with Crippen LogP contribution in [0.15, 0.2) is 64.2 Å². The Morgan fingerprint density at radius 1 is 1.10 bits per heavy atom. The van der Waals surface area contributed by atoms with E-state index in [0.29, 0.717) is 5.56 Å². The first kappa shape index (κ1) is 22.0. The van der Waals surface area contributed by atoms with E-state index in [1.54, 1.807) is 23.5 Å². The maximum atomic E-state index is 12.8. The van der Waals surface area contributed by atoms with Crippen molar-refractivity contribution in [2.45, 2.75) is 11.0 Å². The summed E-state index contributed by atoms with van der Waals surface area (Å²) in [7, 11) is -1.52. The summed E-state index contributed by atoms with van der Waals surface area (Å²) >= 11 is 1.60. The standard InChI is InChI=1S/C21H21NO6S2/c1-27-19-8-7-16(21(24)28-2)11-20(19)30(25,26)22-12-18(23)15-5-3-14(4-6-15)17-9-10-29-13-17/h3-11,13,18,22-23H,12H2,1-2H3/t18-/m0/s1. The van der Waals surface area contributed by atoms with Gasteiger partial charge in [0.1, 0.15) is 10.6 Å². The smallest absolute Gasteiger partial charge is 0.337 e. The number of sulfonamides is 1. The Bertz CT molecular complexity index is 1110. The molecule has 2 N–H and O–H groups in total. The van der Waals surface area contributed by atoms with E-state index < -0.39 is 22.1 Å². The number of methoxy groups -OCH3 is 2. The number of nitrogens with one attached hydrogen (secondary N) is 1. The van der Waals surface area contributed by atoms with Gasteiger partial charge in [0.05, 0.1) is 25.9 Å². The van der Waals surface area contributed by atoms with Gasteiger partial charge in [0, 0.05) is 6.54 Å². The summed E-state index contributed by atoms with van der Waals surface area (Å²) in [4.78, 5) is 11.5. The van der Waals surface area contributed by atoms with Crippen LogP contribution in [0.2, 0.25) is 0 Å². The second kappa shape index (κ2) is 9.40. The first-order valence-corrected chi connectivity index (χ1v) is 11.3. The summed E-state index contributed by atoms with van der Waals surface area (Å²) in [5, 5.41) is 14.4. The highest BCUT2D eigenvalue weighted by atomic mass is 32.2. The van der Waals surface area contributed by atoms with E-state index in [-0.39, 0.29) is 22.8 Å². The Kier molecular flexibility index (Phi) is 6.88. The minimum absolute atomic E-state index is 0.0724. The molecule has 1 heterocycles. The van der Waals surface area contributed by atoms with E-state index in [9.17, 15) is 18.3 Å². The molecule has 1 atom stereocenters. The molecule has 0 unspecified atom stereocenters. The molecule has 0 spiro atoms. The topological polar surface area (TPSA) is 102 Å². The summed E-state index contributed by atoms with van der Waals surface area (Å²) in [5.74, 6) is -0.593. The van der Waals surface area contributed by atoms with Crippen LogP contribution in [0.25, 0.3) is 11.1 Å². The molecule has 0 aliphatic rings. The van der Waals surface area contributed by atoms with Crippen molar-refractivity contribution in [2.75, 3.05) is 20.8 Å². The van der Waals surface area contributed by atoms with Crippen LogP contribution in [0.3, 0.4) is 0 Å². The number of carbonyl (C=O) groups is 1. The molecule has 0 aliphatic heterocycles. The molecule has 0 aliphatic carbocycles. The molecule has 7 nitrogen and oxygen atoms in total. The number of carbonyl (C=O) groups excluding carboxylic acids is 1. The van der Waals surface area contributed by atoms with E-state index in [2.05, 4.69) is 9.46 Å². The lowest BCUT2D eigenvalue weighted by Gasteiger charge is -2.15. The normalized spacial score (nSPS) is 12.4. The number of esters is 1. The SMILES string of the molecule is COC(=O)c1ccc(OC)c(S(=O)(=O)NC[C@H](O)c2ccc(-c3ccsc3)cc2)c1. The van der Waals surface area contributed by atoms with Crippen LogP contribution >= 0.6 is 11.3 Å². The summed E-state index contributed by atoms with van der Waals surface area (Å²) < 4.78 is 37.6. The third-order valence-electron chi connectivity index (χ3n) is 4.49. The molecule has 2 aromatic carbocycles. The van der Waals surface area contributed by atoms with Crippen LogP contribution in [0.5, 0.6) is 5.75 Å². The number of thiophene rings is 1. The lowest BCUT2D eigenvalue weighted by atomic mass is 10.0. The average Bonchev–Trinajstić information content (AvgIpc) is 3.31. The van der Waals surface area contributed by atoms with Gasteiger partial charge in [-0.3, -0.25) is 0 Å². The molecule has 0 bridgehead atoms. The Morgan fingerprint density at radius 2 is 1.83 bits per heavy atom. The third kappa shape index (κ3) is 4.88. The number of ether oxygens (including phenoxy) is 2. The summed E-state index contributed by atoms with van der Waals surface area (Å²) in [6, 6.07) is 13.2. The van der Waals surface area contributed by atoms with E-state index in [0.717, 1.165) is 11.1 Å². The lowest BCUT2D eigenvalue weighted by Crippen LogP contribution is -2.29. The fourth-order valence-corrected chi connectivity index (χ4v) is 4.74. The zero-order valence-electron chi connectivity index (χ0n) is 16.4. The second-order valence-electron chi connectivity index (χ2n) is 6.36. The second-order valence-corrected chi connectivity index (χ2v) is 8.87. The zero-order chi connectivity index (χ0) is 21.7. The van der Waals surface area contributed by atoms with Gasteiger partial charge in [-0.1, -0.05) is 24.3 Å². The molecular weight excluding hydrogens is 426 g/mol. The fourth-order valence-electron chi connectivity index (χ4n) is 2.84. The number of aliphatic hydroxyl groups is 1. The van der Waals surface area contributed by atoms with Gasteiger partial charge in [0.15, 0.2) is 0 Å². The molecule has 30 heavy (non-hydrogen) atoms. The molecule has 0 amide bonds. The minimum atomic E-state index is -4.06. The molecule has 0 radical (unpaired) electrons. The maximum absolute atomic E-state index is 12.8. The van der Waals surface area contributed by atoms with Gasteiger partial charge >= 0.3 is 5.97 Å². The van der Waals surface area contributed by atoms with E-state index in [4.69, 9.17) is 4.74 Å². The van der Waals surface area contributed by atoms with Crippen LogP contribution in [-0.2, 0) is 14.8 Å². The van der Waals surface area contributed by atoms with Gasteiger partial charge < -0.3 is 14.6 Å². The van der Waals surface area contributed by atoms with Crippen molar-refractivity contribution in [3.63, 3.8) is 0 Å². The predicted octanol–water partition coefficient (Wildman–Crippen LogP) is 3.22. The predicted molar refractivity (Wildman–Crippen MR) is 114 cm³/mol. The van der Waals surface area contributed by atoms with Crippen molar-refractivity contribution in [2.24, 2.45) is 0 Å². The third-order valence-corrected chi connectivity index (χ3v) is 6.62. The Hall–Kier alpha value is -2.72. The summed E-state index contributed by atoms with van der Waals surface area (Å²) in [6.07, 6.45) is -1.05. The summed E-state index contributed by atoms with van der Waals surface area (Å²) in [5.41, 5.74) is 2.74. The first-order valence-electron chi connectivity index (χ1n) is 8.92. The van der Waals surface area contributed by atoms with E-state index >= 15 is 0 Å². The number of aliphatic hydroxyl groups excluding tert-OH is 1. The molecule has 0 fully saturated rings. The number of hydrogen-bond acceptors (Lipinski definition) is 7. The van der Waals surface area contributed by atoms with Gasteiger partial charge in [-0.15, -0.1) is 0 Å². The van der Waals surface area contributed by atoms with Crippen molar-refractivity contribution in [3.8, 4) is 16.9 Å². The summed E-state index contributed by atoms with van der Waals surface area (Å²) in [6.45, 7) is -0.244. The molecule has 0 saturated heterocycles. The minimum Gasteiger partial charge on any atom is -0.495 e. The highest BCUT2D eigenvalue weighted by Gasteiger charge is 2.23. The molecule has 1 aromatic heterocycles. The Balaban J connectivity index is 1.75. The highest BCUT2D eigenvalue weighted by molar-refractivity contribution is 7.89. The van der Waals surface area contributed by atoms with Crippen molar-refractivity contribution in [1.82, 2.24) is 4.72 Å². The number of hydrogen-bond donors (Lipinski definition) is 2. The van der Waals surface area contributed by atoms with Crippen LogP contribution in [0.4, 0.5) is 0 Å². The van der Waals surface area contributed by atoms with Crippen LogP contribution < -0.4 is 9.46 Å². The fraction of sp³-hybridized carbons (Fsp3) is 0.190. The van der Waals surface area contributed by atoms with Gasteiger partial charge in [0.25, 0.3) is 0 Å². The van der Waals surface area contributed by atoms with Gasteiger partial charge in [-0.25, -0.2) is 17.9 Å². The van der Waals surface area contributed by atoms with Crippen molar-refractivity contribution >= 4 is 27.3 Å². The van der Waals surface area contributed by atoms with Gasteiger partial charge in [-0.05, 0) is 51.7 Å². The van der Waals surface area contributed by atoms with Gasteiger partial charge in [-0.2, -0.15) is 11.3 Å². The Labute approximate surface area is 179 Å².